The zero-order valence-electron chi connectivity index (χ0n) is 10.9. The van der Waals surface area contributed by atoms with E-state index in [1.165, 1.54) is 5.56 Å². The SMILES string of the molecule is CCN(CC)C(=O)C(C)NCCc1ccsc1. The molecule has 1 aromatic heterocycles. The summed E-state index contributed by atoms with van der Waals surface area (Å²) in [4.78, 5) is 13.8. The van der Waals surface area contributed by atoms with E-state index in [2.05, 4.69) is 22.1 Å². The minimum atomic E-state index is -0.0893. The van der Waals surface area contributed by atoms with Gasteiger partial charge >= 0.3 is 0 Å². The van der Waals surface area contributed by atoms with E-state index in [1.807, 2.05) is 25.7 Å². The van der Waals surface area contributed by atoms with E-state index in [9.17, 15) is 4.79 Å². The van der Waals surface area contributed by atoms with Crippen molar-refractivity contribution in [2.24, 2.45) is 0 Å². The van der Waals surface area contributed by atoms with Crippen molar-refractivity contribution in [1.29, 1.82) is 0 Å². The summed E-state index contributed by atoms with van der Waals surface area (Å²) in [5.41, 5.74) is 1.34. The van der Waals surface area contributed by atoms with E-state index < -0.39 is 0 Å². The molecule has 0 fully saturated rings. The largest absolute Gasteiger partial charge is 0.342 e. The maximum Gasteiger partial charge on any atom is 0.239 e. The summed E-state index contributed by atoms with van der Waals surface area (Å²) < 4.78 is 0. The molecule has 1 unspecified atom stereocenters. The van der Waals surface area contributed by atoms with Crippen molar-refractivity contribution in [2.75, 3.05) is 19.6 Å². The molecule has 0 aliphatic rings. The predicted octanol–water partition coefficient (Wildman–Crippen LogP) is 2.14. The Balaban J connectivity index is 2.28. The van der Waals surface area contributed by atoms with Crippen LogP contribution in [0.25, 0.3) is 0 Å². The monoisotopic (exact) mass is 254 g/mol. The number of nitrogens with one attached hydrogen (secondary N) is 1. The standard InChI is InChI=1S/C13H22N2OS/c1-4-15(5-2)13(16)11(3)14-8-6-12-7-9-17-10-12/h7,9-11,14H,4-6,8H2,1-3H3. The van der Waals surface area contributed by atoms with Gasteiger partial charge in [0.2, 0.25) is 5.91 Å². The van der Waals surface area contributed by atoms with Gasteiger partial charge in [0.1, 0.15) is 0 Å². The second kappa shape index (κ2) is 7.45. The normalized spacial score (nSPS) is 12.4. The van der Waals surface area contributed by atoms with Crippen LogP contribution >= 0.6 is 11.3 Å². The smallest absolute Gasteiger partial charge is 0.239 e. The van der Waals surface area contributed by atoms with Gasteiger partial charge in [0.25, 0.3) is 0 Å². The molecular weight excluding hydrogens is 232 g/mol. The Morgan fingerprint density at radius 1 is 1.47 bits per heavy atom. The van der Waals surface area contributed by atoms with Gasteiger partial charge in [0.15, 0.2) is 0 Å². The Morgan fingerprint density at radius 2 is 2.18 bits per heavy atom. The van der Waals surface area contributed by atoms with Crippen LogP contribution in [0, 0.1) is 0 Å². The molecule has 1 atom stereocenters. The Morgan fingerprint density at radius 3 is 2.71 bits per heavy atom. The van der Waals surface area contributed by atoms with E-state index >= 15 is 0 Å². The number of hydrogen-bond donors (Lipinski definition) is 1. The molecule has 1 heterocycles. The van der Waals surface area contributed by atoms with Gasteiger partial charge in [-0.2, -0.15) is 11.3 Å². The first-order valence-electron chi connectivity index (χ1n) is 6.22. The average molecular weight is 254 g/mol. The second-order valence-electron chi connectivity index (χ2n) is 4.07. The van der Waals surface area contributed by atoms with Crippen LogP contribution in [0.3, 0.4) is 0 Å². The Bertz CT molecular complexity index is 320. The molecule has 1 rings (SSSR count). The van der Waals surface area contributed by atoms with Crippen molar-refractivity contribution in [3.63, 3.8) is 0 Å². The third kappa shape index (κ3) is 4.48. The number of rotatable bonds is 7. The van der Waals surface area contributed by atoms with Crippen LogP contribution in [0.2, 0.25) is 0 Å². The Hall–Kier alpha value is -0.870. The first-order valence-corrected chi connectivity index (χ1v) is 7.16. The third-order valence-corrected chi connectivity index (χ3v) is 3.62. The summed E-state index contributed by atoms with van der Waals surface area (Å²) >= 11 is 1.71. The maximum absolute atomic E-state index is 12.0. The molecule has 3 nitrogen and oxygen atoms in total. The highest BCUT2D eigenvalue weighted by Crippen LogP contribution is 2.06. The van der Waals surface area contributed by atoms with Crippen LogP contribution in [0.5, 0.6) is 0 Å². The van der Waals surface area contributed by atoms with E-state index in [1.54, 1.807) is 11.3 Å². The molecule has 0 aromatic carbocycles. The molecule has 1 amide bonds. The highest BCUT2D eigenvalue weighted by atomic mass is 32.1. The molecule has 1 aromatic rings. The molecule has 4 heteroatoms. The van der Waals surface area contributed by atoms with E-state index in [0.717, 1.165) is 26.1 Å². The molecule has 0 spiro atoms. The van der Waals surface area contributed by atoms with Gasteiger partial charge in [0, 0.05) is 13.1 Å². The fourth-order valence-corrected chi connectivity index (χ4v) is 2.47. The molecule has 96 valence electrons. The van der Waals surface area contributed by atoms with Crippen LogP contribution in [-0.2, 0) is 11.2 Å². The summed E-state index contributed by atoms with van der Waals surface area (Å²) in [6, 6.07) is 2.04. The van der Waals surface area contributed by atoms with Crippen molar-refractivity contribution in [2.45, 2.75) is 33.2 Å². The first kappa shape index (κ1) is 14.2. The number of likely N-dealkylation sites (N-methyl/N-ethyl adjacent to an activating group) is 1. The molecule has 0 radical (unpaired) electrons. The Labute approximate surface area is 108 Å². The lowest BCUT2D eigenvalue weighted by Gasteiger charge is -2.23. The lowest BCUT2D eigenvalue weighted by molar-refractivity contribution is -0.132. The van der Waals surface area contributed by atoms with Crippen LogP contribution in [0.15, 0.2) is 16.8 Å². The van der Waals surface area contributed by atoms with Gasteiger partial charge in [-0.1, -0.05) is 0 Å². The van der Waals surface area contributed by atoms with Crippen molar-refractivity contribution in [3.05, 3.63) is 22.4 Å². The number of nitrogens with zero attached hydrogens (tertiary/aromatic N) is 1. The lowest BCUT2D eigenvalue weighted by atomic mass is 10.2. The molecule has 0 saturated carbocycles. The molecule has 0 aliphatic heterocycles. The van der Waals surface area contributed by atoms with Gasteiger partial charge in [-0.05, 0) is 56.1 Å². The lowest BCUT2D eigenvalue weighted by Crippen LogP contribution is -2.45. The minimum Gasteiger partial charge on any atom is -0.342 e. The molecule has 17 heavy (non-hydrogen) atoms. The van der Waals surface area contributed by atoms with Gasteiger partial charge < -0.3 is 10.2 Å². The summed E-state index contributed by atoms with van der Waals surface area (Å²) in [6.07, 6.45) is 0.985. The minimum absolute atomic E-state index is 0.0893. The summed E-state index contributed by atoms with van der Waals surface area (Å²) in [5, 5.41) is 7.52. The van der Waals surface area contributed by atoms with Gasteiger partial charge in [-0.3, -0.25) is 4.79 Å². The number of hydrogen-bond acceptors (Lipinski definition) is 3. The van der Waals surface area contributed by atoms with Crippen LogP contribution < -0.4 is 5.32 Å². The zero-order chi connectivity index (χ0) is 12.7. The second-order valence-corrected chi connectivity index (χ2v) is 4.85. The quantitative estimate of drug-likeness (QED) is 0.808. The summed E-state index contributed by atoms with van der Waals surface area (Å²) in [7, 11) is 0. The van der Waals surface area contributed by atoms with Crippen molar-refractivity contribution < 1.29 is 4.79 Å². The highest BCUT2D eigenvalue weighted by Gasteiger charge is 2.16. The zero-order valence-corrected chi connectivity index (χ0v) is 11.7. The third-order valence-electron chi connectivity index (χ3n) is 2.89. The van der Waals surface area contributed by atoms with Crippen LogP contribution in [0.4, 0.5) is 0 Å². The van der Waals surface area contributed by atoms with Crippen LogP contribution in [-0.4, -0.2) is 36.5 Å². The fourth-order valence-electron chi connectivity index (χ4n) is 1.76. The highest BCUT2D eigenvalue weighted by molar-refractivity contribution is 7.07. The first-order chi connectivity index (χ1) is 8.19. The van der Waals surface area contributed by atoms with E-state index in [0.29, 0.717) is 0 Å². The average Bonchev–Trinajstić information content (AvgIpc) is 2.83. The molecule has 0 aliphatic carbocycles. The van der Waals surface area contributed by atoms with Crippen molar-refractivity contribution in [1.82, 2.24) is 10.2 Å². The molecule has 0 saturated heterocycles. The molecular formula is C13H22N2OS. The summed E-state index contributed by atoms with van der Waals surface area (Å²) in [5.74, 6) is 0.195. The van der Waals surface area contributed by atoms with Gasteiger partial charge in [-0.15, -0.1) is 0 Å². The number of carbonyl (C=O) groups is 1. The molecule has 1 N–H and O–H groups in total. The molecule has 0 bridgehead atoms. The van der Waals surface area contributed by atoms with E-state index in [-0.39, 0.29) is 11.9 Å². The van der Waals surface area contributed by atoms with Crippen molar-refractivity contribution >= 4 is 17.2 Å². The van der Waals surface area contributed by atoms with Crippen molar-refractivity contribution in [3.8, 4) is 0 Å². The fraction of sp³-hybridized carbons (Fsp3) is 0.615. The van der Waals surface area contributed by atoms with Gasteiger partial charge in [0.05, 0.1) is 6.04 Å². The summed E-state index contributed by atoms with van der Waals surface area (Å²) in [6.45, 7) is 8.38. The number of thiophene rings is 1. The predicted molar refractivity (Wildman–Crippen MR) is 73.4 cm³/mol. The van der Waals surface area contributed by atoms with Gasteiger partial charge in [-0.25, -0.2) is 0 Å². The topological polar surface area (TPSA) is 32.3 Å². The van der Waals surface area contributed by atoms with Crippen LogP contribution in [0.1, 0.15) is 26.3 Å². The van der Waals surface area contributed by atoms with E-state index in [4.69, 9.17) is 0 Å². The number of amides is 1. The number of carbonyl (C=O) groups excluding carboxylic acids is 1. The maximum atomic E-state index is 12.0. The Kier molecular flexibility index (Phi) is 6.22.